The van der Waals surface area contributed by atoms with Crippen LogP contribution in [0.3, 0.4) is 0 Å². The molecule has 0 aliphatic heterocycles. The number of aromatic hydroxyl groups is 2. The fourth-order valence-corrected chi connectivity index (χ4v) is 1.12. The number of likely N-dealkylation sites (N-methyl/N-ethyl adjacent to an activating group) is 1. The van der Waals surface area contributed by atoms with Gasteiger partial charge in [0, 0.05) is 12.6 Å². The average molecular weight is 183 g/mol. The van der Waals surface area contributed by atoms with E-state index in [0.29, 0.717) is 12.1 Å². The van der Waals surface area contributed by atoms with Gasteiger partial charge < -0.3 is 20.6 Å². The molecule has 0 fully saturated rings. The molecule has 4 heteroatoms. The fraction of sp³-hybridized carbons (Fsp3) is 0.333. The number of phenolic OH excluding ortho intramolecular Hbond substituents is 2. The number of hydrogen-bond acceptors (Lipinski definition) is 4. The number of rotatable bonds is 3. The molecule has 1 rings (SSSR count). The molecule has 0 spiro atoms. The van der Waals surface area contributed by atoms with Crippen LogP contribution in [0.5, 0.6) is 11.5 Å². The van der Waals surface area contributed by atoms with Crippen molar-refractivity contribution < 1.29 is 15.3 Å². The molecule has 0 aliphatic carbocycles. The molecule has 4 N–H and O–H groups in total. The molecule has 1 aromatic rings. The molecule has 1 aromatic carbocycles. The van der Waals surface area contributed by atoms with E-state index in [1.807, 2.05) is 0 Å². The number of aliphatic hydroxyl groups excluding tert-OH is 1. The summed E-state index contributed by atoms with van der Waals surface area (Å²) >= 11 is 0. The summed E-state index contributed by atoms with van der Waals surface area (Å²) < 4.78 is 0. The summed E-state index contributed by atoms with van der Waals surface area (Å²) in [5.41, 5.74) is 0.492. The lowest BCUT2D eigenvalue weighted by Gasteiger charge is -2.10. The van der Waals surface area contributed by atoms with E-state index in [1.54, 1.807) is 7.05 Å². The van der Waals surface area contributed by atoms with Gasteiger partial charge in [0.05, 0.1) is 6.10 Å². The molecule has 1 unspecified atom stereocenters. The standard InChI is InChI=1S/C9H13NO3/c1-10-5-9(13)6-2-7(11)4-8(12)3-6/h2-4,9-13H,5H2,1H3. The third-order valence-corrected chi connectivity index (χ3v) is 1.71. The Morgan fingerprint density at radius 2 is 1.77 bits per heavy atom. The largest absolute Gasteiger partial charge is 0.508 e. The Balaban J connectivity index is 2.87. The van der Waals surface area contributed by atoms with Crippen LogP contribution in [0.2, 0.25) is 0 Å². The highest BCUT2D eigenvalue weighted by atomic mass is 16.3. The second-order valence-electron chi connectivity index (χ2n) is 2.86. The van der Waals surface area contributed by atoms with Crippen molar-refractivity contribution in [1.82, 2.24) is 5.32 Å². The molecule has 4 nitrogen and oxygen atoms in total. The minimum absolute atomic E-state index is 0.0508. The summed E-state index contributed by atoms with van der Waals surface area (Å²) in [6.07, 6.45) is -0.719. The van der Waals surface area contributed by atoms with Crippen LogP contribution in [-0.4, -0.2) is 28.9 Å². The Labute approximate surface area is 76.5 Å². The van der Waals surface area contributed by atoms with Crippen molar-refractivity contribution in [3.05, 3.63) is 23.8 Å². The quantitative estimate of drug-likeness (QED) is 0.545. The molecule has 72 valence electrons. The van der Waals surface area contributed by atoms with Crippen LogP contribution >= 0.6 is 0 Å². The van der Waals surface area contributed by atoms with E-state index >= 15 is 0 Å². The lowest BCUT2D eigenvalue weighted by atomic mass is 10.1. The first-order chi connectivity index (χ1) is 6.13. The Hall–Kier alpha value is -1.26. The van der Waals surface area contributed by atoms with E-state index in [9.17, 15) is 5.11 Å². The van der Waals surface area contributed by atoms with Crippen molar-refractivity contribution in [2.45, 2.75) is 6.10 Å². The first-order valence-corrected chi connectivity index (χ1v) is 3.99. The van der Waals surface area contributed by atoms with Crippen molar-refractivity contribution in [2.75, 3.05) is 13.6 Å². The number of benzene rings is 1. The highest BCUT2D eigenvalue weighted by Crippen LogP contribution is 2.24. The highest BCUT2D eigenvalue weighted by Gasteiger charge is 2.08. The van der Waals surface area contributed by atoms with Gasteiger partial charge >= 0.3 is 0 Å². The Morgan fingerprint density at radius 3 is 2.23 bits per heavy atom. The second kappa shape index (κ2) is 4.11. The van der Waals surface area contributed by atoms with E-state index in [-0.39, 0.29) is 11.5 Å². The van der Waals surface area contributed by atoms with Crippen LogP contribution in [0.25, 0.3) is 0 Å². The SMILES string of the molecule is CNCC(O)c1cc(O)cc(O)c1. The maximum Gasteiger partial charge on any atom is 0.119 e. The first-order valence-electron chi connectivity index (χ1n) is 3.99. The summed E-state index contributed by atoms with van der Waals surface area (Å²) in [6.45, 7) is 0.378. The molecule has 0 aliphatic rings. The van der Waals surface area contributed by atoms with Crippen LogP contribution < -0.4 is 5.32 Å². The molecule has 0 saturated carbocycles. The fourth-order valence-electron chi connectivity index (χ4n) is 1.12. The van der Waals surface area contributed by atoms with E-state index in [4.69, 9.17) is 10.2 Å². The molecule has 1 atom stereocenters. The van der Waals surface area contributed by atoms with Gasteiger partial charge in [0.2, 0.25) is 0 Å². The van der Waals surface area contributed by atoms with Gasteiger partial charge in [-0.3, -0.25) is 0 Å². The monoisotopic (exact) mass is 183 g/mol. The van der Waals surface area contributed by atoms with Crippen LogP contribution in [0.15, 0.2) is 18.2 Å². The zero-order valence-corrected chi connectivity index (χ0v) is 7.36. The molecule has 0 heterocycles. The number of phenols is 2. The van der Waals surface area contributed by atoms with E-state index in [1.165, 1.54) is 18.2 Å². The van der Waals surface area contributed by atoms with Gasteiger partial charge in [0.1, 0.15) is 11.5 Å². The van der Waals surface area contributed by atoms with Gasteiger partial charge in [0.15, 0.2) is 0 Å². The van der Waals surface area contributed by atoms with Crippen molar-refractivity contribution in [1.29, 1.82) is 0 Å². The number of hydrogen-bond donors (Lipinski definition) is 4. The minimum Gasteiger partial charge on any atom is -0.508 e. The van der Waals surface area contributed by atoms with Gasteiger partial charge in [-0.05, 0) is 24.7 Å². The van der Waals surface area contributed by atoms with Crippen molar-refractivity contribution in [3.63, 3.8) is 0 Å². The Morgan fingerprint density at radius 1 is 1.23 bits per heavy atom. The van der Waals surface area contributed by atoms with Crippen molar-refractivity contribution >= 4 is 0 Å². The number of aliphatic hydroxyl groups is 1. The van der Waals surface area contributed by atoms with Crippen molar-refractivity contribution in [3.8, 4) is 11.5 Å². The Kier molecular flexibility index (Phi) is 3.11. The zero-order chi connectivity index (χ0) is 9.84. The second-order valence-corrected chi connectivity index (χ2v) is 2.86. The van der Waals surface area contributed by atoms with E-state index in [2.05, 4.69) is 5.32 Å². The average Bonchev–Trinajstić information content (AvgIpc) is 2.03. The zero-order valence-electron chi connectivity index (χ0n) is 7.36. The lowest BCUT2D eigenvalue weighted by Crippen LogP contribution is -2.16. The smallest absolute Gasteiger partial charge is 0.119 e. The maximum absolute atomic E-state index is 9.48. The van der Waals surface area contributed by atoms with E-state index in [0.717, 1.165) is 0 Å². The van der Waals surface area contributed by atoms with Gasteiger partial charge in [-0.25, -0.2) is 0 Å². The predicted octanol–water partition coefficient (Wildman–Crippen LogP) is 0.351. The van der Waals surface area contributed by atoms with Gasteiger partial charge in [-0.2, -0.15) is 0 Å². The summed E-state index contributed by atoms with van der Waals surface area (Å²) in [4.78, 5) is 0. The summed E-state index contributed by atoms with van der Waals surface area (Å²) in [7, 11) is 1.71. The van der Waals surface area contributed by atoms with Crippen molar-refractivity contribution in [2.24, 2.45) is 0 Å². The topological polar surface area (TPSA) is 72.7 Å². The summed E-state index contributed by atoms with van der Waals surface area (Å²) in [5.74, 6) is -0.102. The molecular weight excluding hydrogens is 170 g/mol. The molecule has 0 amide bonds. The maximum atomic E-state index is 9.48. The minimum atomic E-state index is -0.719. The lowest BCUT2D eigenvalue weighted by molar-refractivity contribution is 0.177. The third kappa shape index (κ3) is 2.61. The highest BCUT2D eigenvalue weighted by molar-refractivity contribution is 5.37. The third-order valence-electron chi connectivity index (χ3n) is 1.71. The van der Waals surface area contributed by atoms with Crippen LogP contribution in [-0.2, 0) is 0 Å². The van der Waals surface area contributed by atoms with Gasteiger partial charge in [0.25, 0.3) is 0 Å². The Bertz CT molecular complexity index is 268. The van der Waals surface area contributed by atoms with Crippen LogP contribution in [0.4, 0.5) is 0 Å². The number of nitrogens with one attached hydrogen (secondary N) is 1. The molecule has 13 heavy (non-hydrogen) atoms. The molecule has 0 radical (unpaired) electrons. The predicted molar refractivity (Wildman–Crippen MR) is 48.7 cm³/mol. The van der Waals surface area contributed by atoms with Gasteiger partial charge in [-0.1, -0.05) is 0 Å². The van der Waals surface area contributed by atoms with Gasteiger partial charge in [-0.15, -0.1) is 0 Å². The molecule has 0 aromatic heterocycles. The first kappa shape index (κ1) is 9.83. The molecule has 0 bridgehead atoms. The summed E-state index contributed by atoms with van der Waals surface area (Å²) in [5, 5.41) is 30.5. The van der Waals surface area contributed by atoms with E-state index < -0.39 is 6.10 Å². The molecular formula is C9H13NO3. The summed E-state index contributed by atoms with van der Waals surface area (Å²) in [6, 6.07) is 4.05. The van der Waals surface area contributed by atoms with Crippen LogP contribution in [0, 0.1) is 0 Å². The molecule has 0 saturated heterocycles. The normalized spacial score (nSPS) is 12.8. The van der Waals surface area contributed by atoms with Crippen LogP contribution in [0.1, 0.15) is 11.7 Å².